The summed E-state index contributed by atoms with van der Waals surface area (Å²) in [6.45, 7) is 10.1. The molecule has 7 heteroatoms. The SMILES string of the molecule is Cc1c(C(=O)NC(C)c2ccc(-n3cncn3)cc2)cnn1C(C)(C)C. The summed E-state index contributed by atoms with van der Waals surface area (Å²) in [4.78, 5) is 16.6. The lowest BCUT2D eigenvalue weighted by Crippen LogP contribution is -2.28. The molecule has 136 valence electrons. The minimum absolute atomic E-state index is 0.120. The van der Waals surface area contributed by atoms with Gasteiger partial charge in [-0.05, 0) is 52.3 Å². The number of carbonyl (C=O) groups excluding carboxylic acids is 1. The van der Waals surface area contributed by atoms with Gasteiger partial charge in [0, 0.05) is 5.69 Å². The highest BCUT2D eigenvalue weighted by Gasteiger charge is 2.22. The number of carbonyl (C=O) groups is 1. The first-order valence-corrected chi connectivity index (χ1v) is 8.58. The topological polar surface area (TPSA) is 77.6 Å². The molecule has 1 atom stereocenters. The highest BCUT2D eigenvalue weighted by molar-refractivity contribution is 5.95. The van der Waals surface area contributed by atoms with Crippen LogP contribution in [0.25, 0.3) is 5.69 Å². The molecule has 0 saturated carbocycles. The Morgan fingerprint density at radius 3 is 2.38 bits per heavy atom. The van der Waals surface area contributed by atoms with Crippen LogP contribution in [-0.4, -0.2) is 30.5 Å². The van der Waals surface area contributed by atoms with Crippen molar-refractivity contribution >= 4 is 5.91 Å². The zero-order valence-electron chi connectivity index (χ0n) is 15.8. The molecule has 0 radical (unpaired) electrons. The van der Waals surface area contributed by atoms with Crippen molar-refractivity contribution in [2.24, 2.45) is 0 Å². The summed E-state index contributed by atoms with van der Waals surface area (Å²) in [5.74, 6) is -0.120. The van der Waals surface area contributed by atoms with Crippen molar-refractivity contribution in [3.63, 3.8) is 0 Å². The van der Waals surface area contributed by atoms with Crippen LogP contribution in [0.2, 0.25) is 0 Å². The van der Waals surface area contributed by atoms with Crippen LogP contribution in [-0.2, 0) is 5.54 Å². The van der Waals surface area contributed by atoms with Gasteiger partial charge in [0.05, 0.1) is 29.0 Å². The van der Waals surface area contributed by atoms with Gasteiger partial charge in [-0.1, -0.05) is 12.1 Å². The number of hydrogen-bond donors (Lipinski definition) is 1. The van der Waals surface area contributed by atoms with E-state index < -0.39 is 0 Å². The van der Waals surface area contributed by atoms with Crippen molar-refractivity contribution in [3.05, 3.63) is 59.9 Å². The lowest BCUT2D eigenvalue weighted by molar-refractivity contribution is 0.0939. The summed E-state index contributed by atoms with van der Waals surface area (Å²) >= 11 is 0. The van der Waals surface area contributed by atoms with Crippen LogP contribution < -0.4 is 5.32 Å². The molecule has 0 aliphatic rings. The minimum Gasteiger partial charge on any atom is -0.345 e. The molecule has 0 bridgehead atoms. The maximum atomic E-state index is 12.7. The van der Waals surface area contributed by atoms with Crippen LogP contribution in [0, 0.1) is 6.92 Å². The molecule has 7 nitrogen and oxygen atoms in total. The number of nitrogens with one attached hydrogen (secondary N) is 1. The summed E-state index contributed by atoms with van der Waals surface area (Å²) in [7, 11) is 0. The maximum absolute atomic E-state index is 12.7. The van der Waals surface area contributed by atoms with Crippen molar-refractivity contribution in [2.45, 2.75) is 46.2 Å². The maximum Gasteiger partial charge on any atom is 0.255 e. The second kappa shape index (κ2) is 6.74. The molecule has 1 unspecified atom stereocenters. The highest BCUT2D eigenvalue weighted by atomic mass is 16.1. The zero-order chi connectivity index (χ0) is 18.9. The van der Waals surface area contributed by atoms with Gasteiger partial charge in [0.15, 0.2) is 0 Å². The average molecular weight is 352 g/mol. The van der Waals surface area contributed by atoms with E-state index in [4.69, 9.17) is 0 Å². The molecule has 0 saturated heterocycles. The molecule has 1 N–H and O–H groups in total. The number of nitrogens with zero attached hydrogens (tertiary/aromatic N) is 5. The van der Waals surface area contributed by atoms with Crippen molar-refractivity contribution in [3.8, 4) is 5.69 Å². The Kier molecular flexibility index (Phi) is 4.63. The van der Waals surface area contributed by atoms with Gasteiger partial charge in [-0.3, -0.25) is 9.48 Å². The molecular formula is C19H24N6O. The number of rotatable bonds is 4. The van der Waals surface area contributed by atoms with Crippen molar-refractivity contribution in [1.82, 2.24) is 29.9 Å². The monoisotopic (exact) mass is 352 g/mol. The Balaban J connectivity index is 1.73. The van der Waals surface area contributed by atoms with Gasteiger partial charge in [-0.2, -0.15) is 10.2 Å². The Labute approximate surface area is 153 Å². The molecule has 0 aliphatic carbocycles. The fourth-order valence-corrected chi connectivity index (χ4v) is 2.92. The van der Waals surface area contributed by atoms with Crippen LogP contribution in [0.15, 0.2) is 43.1 Å². The molecule has 3 rings (SSSR count). The van der Waals surface area contributed by atoms with Crippen LogP contribution in [0.3, 0.4) is 0 Å². The van der Waals surface area contributed by atoms with Crippen molar-refractivity contribution in [2.75, 3.05) is 0 Å². The largest absolute Gasteiger partial charge is 0.345 e. The first kappa shape index (κ1) is 17.8. The minimum atomic E-state index is -0.161. The summed E-state index contributed by atoms with van der Waals surface area (Å²) in [6, 6.07) is 7.75. The quantitative estimate of drug-likeness (QED) is 0.783. The summed E-state index contributed by atoms with van der Waals surface area (Å²) in [6.07, 6.45) is 4.78. The average Bonchev–Trinajstić information content (AvgIpc) is 3.23. The normalized spacial score (nSPS) is 12.8. The Morgan fingerprint density at radius 1 is 1.15 bits per heavy atom. The predicted octanol–water partition coefficient (Wildman–Crippen LogP) is 3.02. The first-order valence-electron chi connectivity index (χ1n) is 8.58. The van der Waals surface area contributed by atoms with E-state index in [0.29, 0.717) is 5.56 Å². The lowest BCUT2D eigenvalue weighted by atomic mass is 10.1. The molecule has 26 heavy (non-hydrogen) atoms. The van der Waals surface area contributed by atoms with E-state index in [1.54, 1.807) is 17.2 Å². The molecule has 1 aromatic carbocycles. The third kappa shape index (κ3) is 3.51. The second-order valence-electron chi connectivity index (χ2n) is 7.35. The van der Waals surface area contributed by atoms with E-state index in [1.807, 2.05) is 42.8 Å². The van der Waals surface area contributed by atoms with Crippen LogP contribution in [0.1, 0.15) is 55.4 Å². The van der Waals surface area contributed by atoms with Gasteiger partial charge in [0.25, 0.3) is 5.91 Å². The second-order valence-corrected chi connectivity index (χ2v) is 7.35. The first-order chi connectivity index (χ1) is 12.3. The molecule has 2 heterocycles. The molecular weight excluding hydrogens is 328 g/mol. The van der Waals surface area contributed by atoms with E-state index >= 15 is 0 Å². The number of aromatic nitrogens is 5. The van der Waals surface area contributed by atoms with Gasteiger partial charge in [-0.15, -0.1) is 0 Å². The standard InChI is InChI=1S/C19H24N6O/c1-13(15-6-8-16(9-7-15)24-12-20-11-22-24)23-18(26)17-10-21-25(14(17)2)19(3,4)5/h6-13H,1-5H3,(H,23,26). The van der Waals surface area contributed by atoms with E-state index in [0.717, 1.165) is 16.9 Å². The third-order valence-electron chi connectivity index (χ3n) is 4.31. The van der Waals surface area contributed by atoms with E-state index in [2.05, 4.69) is 41.3 Å². The van der Waals surface area contributed by atoms with Gasteiger partial charge in [0.1, 0.15) is 12.7 Å². The fourth-order valence-electron chi connectivity index (χ4n) is 2.92. The van der Waals surface area contributed by atoms with Crippen molar-refractivity contribution < 1.29 is 4.79 Å². The fraction of sp³-hybridized carbons (Fsp3) is 0.368. The van der Waals surface area contributed by atoms with Crippen LogP contribution in [0.4, 0.5) is 0 Å². The predicted molar refractivity (Wildman–Crippen MR) is 99.2 cm³/mol. The molecule has 0 fully saturated rings. The summed E-state index contributed by atoms with van der Waals surface area (Å²) in [5, 5.41) is 11.5. The van der Waals surface area contributed by atoms with Gasteiger partial charge in [-0.25, -0.2) is 9.67 Å². The smallest absolute Gasteiger partial charge is 0.255 e. The van der Waals surface area contributed by atoms with Gasteiger partial charge < -0.3 is 5.32 Å². The Bertz CT molecular complexity index is 887. The number of hydrogen-bond acceptors (Lipinski definition) is 4. The summed E-state index contributed by atoms with van der Waals surface area (Å²) < 4.78 is 3.57. The summed E-state index contributed by atoms with van der Waals surface area (Å²) in [5.41, 5.74) is 3.25. The molecule has 2 aromatic heterocycles. The molecule has 0 spiro atoms. The molecule has 3 aromatic rings. The zero-order valence-corrected chi connectivity index (χ0v) is 15.8. The Morgan fingerprint density at radius 2 is 1.85 bits per heavy atom. The van der Waals surface area contributed by atoms with Gasteiger partial charge >= 0.3 is 0 Å². The van der Waals surface area contributed by atoms with Gasteiger partial charge in [0.2, 0.25) is 0 Å². The molecule has 0 aliphatic heterocycles. The molecule has 1 amide bonds. The van der Waals surface area contributed by atoms with E-state index in [-0.39, 0.29) is 17.5 Å². The van der Waals surface area contributed by atoms with Crippen LogP contribution >= 0.6 is 0 Å². The number of amides is 1. The van der Waals surface area contributed by atoms with Crippen molar-refractivity contribution in [1.29, 1.82) is 0 Å². The van der Waals surface area contributed by atoms with E-state index in [1.165, 1.54) is 6.33 Å². The van der Waals surface area contributed by atoms with Crippen LogP contribution in [0.5, 0.6) is 0 Å². The number of benzene rings is 1. The Hall–Kier alpha value is -2.96. The lowest BCUT2D eigenvalue weighted by Gasteiger charge is -2.21. The third-order valence-corrected chi connectivity index (χ3v) is 4.31. The highest BCUT2D eigenvalue weighted by Crippen LogP contribution is 2.20. The van der Waals surface area contributed by atoms with E-state index in [9.17, 15) is 4.79 Å².